The van der Waals surface area contributed by atoms with Crippen molar-refractivity contribution in [1.82, 2.24) is 0 Å². The van der Waals surface area contributed by atoms with Crippen LogP contribution in [0.5, 0.6) is 0 Å². The van der Waals surface area contributed by atoms with E-state index in [1.165, 1.54) is 0 Å². The molecule has 1 aromatic rings. The molecule has 4 nitrogen and oxygen atoms in total. The number of ketones is 2. The molecule has 0 aliphatic heterocycles. The van der Waals surface area contributed by atoms with E-state index in [4.69, 9.17) is 4.74 Å². The van der Waals surface area contributed by atoms with Gasteiger partial charge in [-0.05, 0) is 12.2 Å². The minimum absolute atomic E-state index is 0.634. The number of carbonyl (C=O) groups is 2. The first-order valence-electron chi connectivity index (χ1n) is 5.80. The van der Waals surface area contributed by atoms with Gasteiger partial charge in [0.2, 0.25) is 5.82 Å². The maximum Gasteiger partial charge on any atom is 0.200 e. The smallest absolute Gasteiger partial charge is 0.200 e. The van der Waals surface area contributed by atoms with E-state index in [0.717, 1.165) is 12.2 Å². The molecule has 22 heavy (non-hydrogen) atoms. The normalized spacial score (nSPS) is 15.1. The van der Waals surface area contributed by atoms with Crippen LogP contribution in [0.2, 0.25) is 0 Å². The van der Waals surface area contributed by atoms with Crippen LogP contribution in [0.15, 0.2) is 12.2 Å². The Morgan fingerprint density at radius 2 is 1.27 bits per heavy atom. The fraction of sp³-hybridized carbons (Fsp3) is 0.231. The first kappa shape index (κ1) is 16.2. The molecule has 0 saturated carbocycles. The molecule has 0 fully saturated rings. The first-order chi connectivity index (χ1) is 10.3. The summed E-state index contributed by atoms with van der Waals surface area (Å²) in [6, 6.07) is 0. The molecule has 1 aliphatic rings. The molecule has 0 atom stereocenters. The second-order valence-corrected chi connectivity index (χ2v) is 4.20. The van der Waals surface area contributed by atoms with Gasteiger partial charge in [0.1, 0.15) is 6.79 Å². The molecule has 0 bridgehead atoms. The minimum atomic E-state index is -2.27. The Labute approximate surface area is 120 Å². The molecule has 0 amide bonds. The Hall–Kier alpha value is -2.13. The van der Waals surface area contributed by atoms with Gasteiger partial charge in [-0.15, -0.1) is 0 Å². The number of rotatable bonds is 5. The number of carbonyl (C=O) groups excluding carboxylic acids is 2. The van der Waals surface area contributed by atoms with Crippen LogP contribution in [-0.2, 0) is 25.7 Å². The molecule has 2 rings (SSSR count). The van der Waals surface area contributed by atoms with E-state index in [-0.39, 0.29) is 0 Å². The SMILES string of the molecule is O=C1C=CC(=O)C1OCOCc1c(F)c(F)c(F)c(F)c1F. The van der Waals surface area contributed by atoms with Gasteiger partial charge in [0, 0.05) is 0 Å². The number of benzene rings is 1. The van der Waals surface area contributed by atoms with Crippen LogP contribution < -0.4 is 0 Å². The predicted octanol–water partition coefficient (Wildman–Crippen LogP) is 1.95. The lowest BCUT2D eigenvalue weighted by Gasteiger charge is -2.11. The summed E-state index contributed by atoms with van der Waals surface area (Å²) in [7, 11) is 0. The van der Waals surface area contributed by atoms with Crippen molar-refractivity contribution in [2.45, 2.75) is 12.7 Å². The standard InChI is InChI=1S/C13H7F5O4/c14-8-5(9(15)11(17)12(18)10(8)16)3-21-4-22-13-6(19)1-2-7(13)20/h1-2,13H,3-4H2. The van der Waals surface area contributed by atoms with Crippen molar-refractivity contribution >= 4 is 11.6 Å². The van der Waals surface area contributed by atoms with Gasteiger partial charge in [0.25, 0.3) is 0 Å². The summed E-state index contributed by atoms with van der Waals surface area (Å²) >= 11 is 0. The van der Waals surface area contributed by atoms with E-state index in [9.17, 15) is 31.5 Å². The summed E-state index contributed by atoms with van der Waals surface area (Å²) in [5, 5.41) is 0. The Bertz CT molecular complexity index is 624. The topological polar surface area (TPSA) is 52.6 Å². The average molecular weight is 322 g/mol. The summed E-state index contributed by atoms with van der Waals surface area (Å²) in [5.41, 5.74) is -1.18. The van der Waals surface area contributed by atoms with Crippen LogP contribution in [0.4, 0.5) is 22.0 Å². The van der Waals surface area contributed by atoms with Crippen molar-refractivity contribution in [3.8, 4) is 0 Å². The molecule has 0 heterocycles. The van der Waals surface area contributed by atoms with Crippen LogP contribution in [0.25, 0.3) is 0 Å². The van der Waals surface area contributed by atoms with Crippen LogP contribution >= 0.6 is 0 Å². The molecular weight excluding hydrogens is 315 g/mol. The van der Waals surface area contributed by atoms with Gasteiger partial charge in [-0.3, -0.25) is 9.59 Å². The lowest BCUT2D eigenvalue weighted by Crippen LogP contribution is -2.27. The molecule has 0 radical (unpaired) electrons. The van der Waals surface area contributed by atoms with E-state index in [0.29, 0.717) is 0 Å². The van der Waals surface area contributed by atoms with Gasteiger partial charge in [-0.2, -0.15) is 0 Å². The van der Waals surface area contributed by atoms with Crippen LogP contribution in [0.1, 0.15) is 5.56 Å². The van der Waals surface area contributed by atoms with Crippen LogP contribution in [0, 0.1) is 29.1 Å². The average Bonchev–Trinajstić information content (AvgIpc) is 2.81. The molecule has 0 N–H and O–H groups in total. The summed E-state index contributed by atoms with van der Waals surface area (Å²) in [5.74, 6) is -11.8. The highest BCUT2D eigenvalue weighted by Gasteiger charge is 2.29. The Morgan fingerprint density at radius 1 is 0.818 bits per heavy atom. The van der Waals surface area contributed by atoms with Gasteiger partial charge >= 0.3 is 0 Å². The van der Waals surface area contributed by atoms with Crippen molar-refractivity contribution in [2.75, 3.05) is 6.79 Å². The fourth-order valence-electron chi connectivity index (χ4n) is 1.68. The van der Waals surface area contributed by atoms with Gasteiger partial charge < -0.3 is 9.47 Å². The summed E-state index contributed by atoms with van der Waals surface area (Å²) in [4.78, 5) is 22.3. The number of hydrogen-bond donors (Lipinski definition) is 0. The Kier molecular flexibility index (Phi) is 4.67. The lowest BCUT2D eigenvalue weighted by molar-refractivity contribution is -0.148. The molecule has 0 unspecified atom stereocenters. The van der Waals surface area contributed by atoms with E-state index >= 15 is 0 Å². The molecular formula is C13H7F5O4. The predicted molar refractivity (Wildman–Crippen MR) is 59.9 cm³/mol. The van der Waals surface area contributed by atoms with Crippen molar-refractivity contribution in [3.63, 3.8) is 0 Å². The highest BCUT2D eigenvalue weighted by molar-refractivity contribution is 6.21. The van der Waals surface area contributed by atoms with Crippen LogP contribution in [-0.4, -0.2) is 24.5 Å². The Morgan fingerprint density at radius 3 is 1.77 bits per heavy atom. The van der Waals surface area contributed by atoms with Crippen molar-refractivity contribution in [2.24, 2.45) is 0 Å². The van der Waals surface area contributed by atoms with Gasteiger partial charge in [0.05, 0.1) is 12.2 Å². The Balaban J connectivity index is 1.98. The minimum Gasteiger partial charge on any atom is -0.350 e. The molecule has 0 spiro atoms. The largest absolute Gasteiger partial charge is 0.350 e. The van der Waals surface area contributed by atoms with Gasteiger partial charge in [-0.25, -0.2) is 22.0 Å². The number of halogens is 5. The molecule has 118 valence electrons. The zero-order valence-corrected chi connectivity index (χ0v) is 10.7. The summed E-state index contributed by atoms with van der Waals surface area (Å²) in [6.07, 6.45) is 0.546. The molecule has 9 heteroatoms. The monoisotopic (exact) mass is 322 g/mol. The quantitative estimate of drug-likeness (QED) is 0.208. The third kappa shape index (κ3) is 2.90. The molecule has 0 aromatic heterocycles. The highest BCUT2D eigenvalue weighted by Crippen LogP contribution is 2.23. The maximum absolute atomic E-state index is 13.3. The molecule has 0 saturated heterocycles. The lowest BCUT2D eigenvalue weighted by atomic mass is 10.2. The van der Waals surface area contributed by atoms with E-state index in [1.807, 2.05) is 0 Å². The first-order valence-corrected chi connectivity index (χ1v) is 5.80. The molecule has 1 aromatic carbocycles. The highest BCUT2D eigenvalue weighted by atomic mass is 19.2. The number of ether oxygens (including phenoxy) is 2. The summed E-state index contributed by atoms with van der Waals surface area (Å²) < 4.78 is 74.5. The zero-order chi connectivity index (χ0) is 16.4. The second kappa shape index (κ2) is 6.32. The van der Waals surface area contributed by atoms with E-state index < -0.39 is 65.7 Å². The fourth-order valence-corrected chi connectivity index (χ4v) is 1.68. The van der Waals surface area contributed by atoms with Crippen LogP contribution in [0.3, 0.4) is 0 Å². The maximum atomic E-state index is 13.3. The van der Waals surface area contributed by atoms with Gasteiger partial charge in [-0.1, -0.05) is 0 Å². The second-order valence-electron chi connectivity index (χ2n) is 4.20. The third-order valence-corrected chi connectivity index (χ3v) is 2.79. The van der Waals surface area contributed by atoms with Crippen molar-refractivity contribution in [1.29, 1.82) is 0 Å². The van der Waals surface area contributed by atoms with E-state index in [1.54, 1.807) is 0 Å². The third-order valence-electron chi connectivity index (χ3n) is 2.79. The van der Waals surface area contributed by atoms with Crippen molar-refractivity contribution in [3.05, 3.63) is 46.8 Å². The molecule has 1 aliphatic carbocycles. The summed E-state index contributed by atoms with van der Waals surface area (Å²) in [6.45, 7) is -1.74. The zero-order valence-electron chi connectivity index (χ0n) is 10.7. The van der Waals surface area contributed by atoms with E-state index in [2.05, 4.69) is 4.74 Å². The van der Waals surface area contributed by atoms with Crippen molar-refractivity contribution < 1.29 is 41.0 Å². The van der Waals surface area contributed by atoms with Gasteiger partial charge in [0.15, 0.2) is 40.9 Å². The number of hydrogen-bond acceptors (Lipinski definition) is 4.